The van der Waals surface area contributed by atoms with Gasteiger partial charge in [0, 0.05) is 35.3 Å². The van der Waals surface area contributed by atoms with Crippen LogP contribution in [0.5, 0.6) is 11.5 Å². The van der Waals surface area contributed by atoms with E-state index < -0.39 is 0 Å². The lowest BCUT2D eigenvalue weighted by atomic mass is 9.84. The number of phenolic OH excluding ortho intramolecular Hbond substituents is 1. The van der Waals surface area contributed by atoms with Gasteiger partial charge in [0.1, 0.15) is 11.5 Å². The van der Waals surface area contributed by atoms with E-state index >= 15 is 0 Å². The van der Waals surface area contributed by atoms with Crippen molar-refractivity contribution in [3.8, 4) is 22.6 Å². The van der Waals surface area contributed by atoms with E-state index in [2.05, 4.69) is 49.2 Å². The van der Waals surface area contributed by atoms with Crippen LogP contribution in [0.25, 0.3) is 11.1 Å². The fourth-order valence-corrected chi connectivity index (χ4v) is 5.19. The molecule has 0 heterocycles. The van der Waals surface area contributed by atoms with E-state index in [1.807, 2.05) is 18.2 Å². The summed E-state index contributed by atoms with van der Waals surface area (Å²) in [4.78, 5) is 2.38. The molecule has 3 N–H and O–H groups in total. The molecule has 4 heteroatoms. The fourth-order valence-electron chi connectivity index (χ4n) is 5.19. The molecule has 1 aliphatic rings. The number of likely N-dealkylation sites (N-methyl/N-ethyl adjacent to an activating group) is 1. The molecular formula is C30H38N2O2. The van der Waals surface area contributed by atoms with Gasteiger partial charge in [-0.3, -0.25) is 0 Å². The van der Waals surface area contributed by atoms with E-state index in [9.17, 15) is 5.11 Å². The zero-order valence-electron chi connectivity index (χ0n) is 20.9. The van der Waals surface area contributed by atoms with Crippen LogP contribution in [0.15, 0.2) is 48.5 Å². The van der Waals surface area contributed by atoms with E-state index in [0.29, 0.717) is 17.9 Å². The summed E-state index contributed by atoms with van der Waals surface area (Å²) in [5.74, 6) is 1.09. The van der Waals surface area contributed by atoms with Crippen LogP contribution in [0.1, 0.15) is 54.0 Å². The average Bonchev–Trinajstić information content (AvgIpc) is 2.85. The molecule has 4 rings (SSSR count). The monoisotopic (exact) mass is 458 g/mol. The Labute approximate surface area is 204 Å². The van der Waals surface area contributed by atoms with Gasteiger partial charge < -0.3 is 20.5 Å². The third-order valence-electron chi connectivity index (χ3n) is 7.11. The van der Waals surface area contributed by atoms with Gasteiger partial charge in [-0.1, -0.05) is 37.3 Å². The zero-order valence-corrected chi connectivity index (χ0v) is 20.9. The van der Waals surface area contributed by atoms with Gasteiger partial charge in [-0.2, -0.15) is 0 Å². The number of nitrogens with two attached hydrogens (primary N) is 1. The molecule has 0 atom stereocenters. The van der Waals surface area contributed by atoms with Crippen molar-refractivity contribution in [1.29, 1.82) is 0 Å². The van der Waals surface area contributed by atoms with Gasteiger partial charge in [0.2, 0.25) is 0 Å². The summed E-state index contributed by atoms with van der Waals surface area (Å²) in [6.45, 7) is 4.42. The van der Waals surface area contributed by atoms with Crippen molar-refractivity contribution < 1.29 is 9.84 Å². The molecular weight excluding hydrogens is 420 g/mol. The Bertz CT molecular complexity index is 1120. The first-order chi connectivity index (χ1) is 16.5. The predicted octanol–water partition coefficient (Wildman–Crippen LogP) is 6.00. The summed E-state index contributed by atoms with van der Waals surface area (Å²) in [6, 6.07) is 16.7. The number of fused-ring (bicyclic) bond motifs is 1. The van der Waals surface area contributed by atoms with E-state index in [0.717, 1.165) is 61.2 Å². The van der Waals surface area contributed by atoms with Crippen LogP contribution in [-0.4, -0.2) is 37.3 Å². The predicted molar refractivity (Wildman–Crippen MR) is 142 cm³/mol. The first kappa shape index (κ1) is 24.2. The standard InChI is InChI=1S/C30H38N2O2/c1-4-18-32(2)19-17-21-9-11-22(12-10-21)20-26-28(34-3)16-14-25(30(26)31)29-24-8-6-5-7-23(24)13-15-27(29)33/h9-16,33H,4-8,17-20,31H2,1-3H3. The van der Waals surface area contributed by atoms with Crippen LogP contribution >= 0.6 is 0 Å². The molecule has 0 amide bonds. The van der Waals surface area contributed by atoms with Crippen molar-refractivity contribution in [2.45, 2.75) is 51.9 Å². The van der Waals surface area contributed by atoms with Crippen LogP contribution in [0.4, 0.5) is 5.69 Å². The topological polar surface area (TPSA) is 58.7 Å². The normalized spacial score (nSPS) is 13.2. The molecule has 0 saturated carbocycles. The van der Waals surface area contributed by atoms with E-state index in [4.69, 9.17) is 10.5 Å². The minimum Gasteiger partial charge on any atom is -0.507 e. The Morgan fingerprint density at radius 1 is 0.941 bits per heavy atom. The van der Waals surface area contributed by atoms with Crippen molar-refractivity contribution >= 4 is 5.69 Å². The lowest BCUT2D eigenvalue weighted by Crippen LogP contribution is -2.21. The highest BCUT2D eigenvalue weighted by Crippen LogP contribution is 2.43. The molecule has 0 unspecified atom stereocenters. The minimum atomic E-state index is 0.306. The molecule has 0 aliphatic heterocycles. The van der Waals surface area contributed by atoms with Crippen LogP contribution in [-0.2, 0) is 25.7 Å². The maximum Gasteiger partial charge on any atom is 0.124 e. The molecule has 0 bridgehead atoms. The number of anilines is 1. The van der Waals surface area contributed by atoms with Gasteiger partial charge in [0.05, 0.1) is 7.11 Å². The lowest BCUT2D eigenvalue weighted by Gasteiger charge is -2.23. The second-order valence-electron chi connectivity index (χ2n) is 9.56. The molecule has 0 aromatic heterocycles. The maximum atomic E-state index is 10.8. The van der Waals surface area contributed by atoms with Gasteiger partial charge in [0.15, 0.2) is 0 Å². The number of ether oxygens (including phenoxy) is 1. The summed E-state index contributed by atoms with van der Waals surface area (Å²) < 4.78 is 5.70. The van der Waals surface area contributed by atoms with Gasteiger partial charge in [-0.25, -0.2) is 0 Å². The molecule has 0 saturated heterocycles. The number of hydrogen-bond acceptors (Lipinski definition) is 4. The fraction of sp³-hybridized carbons (Fsp3) is 0.400. The third-order valence-corrected chi connectivity index (χ3v) is 7.11. The van der Waals surface area contributed by atoms with Gasteiger partial charge >= 0.3 is 0 Å². The van der Waals surface area contributed by atoms with Crippen LogP contribution in [0, 0.1) is 0 Å². The van der Waals surface area contributed by atoms with Crippen molar-refractivity contribution in [3.05, 3.63) is 76.3 Å². The molecule has 0 spiro atoms. The second kappa shape index (κ2) is 11.0. The number of hydrogen-bond donors (Lipinski definition) is 2. The number of benzene rings is 3. The van der Waals surface area contributed by atoms with E-state index in [-0.39, 0.29) is 0 Å². The molecule has 3 aromatic rings. The Morgan fingerprint density at radius 2 is 1.68 bits per heavy atom. The quantitative estimate of drug-likeness (QED) is 0.386. The third kappa shape index (κ3) is 5.23. The molecule has 4 nitrogen and oxygen atoms in total. The Balaban J connectivity index is 1.62. The summed E-state index contributed by atoms with van der Waals surface area (Å²) in [5, 5.41) is 10.8. The van der Waals surface area contributed by atoms with Crippen molar-refractivity contribution in [2.24, 2.45) is 0 Å². The summed E-state index contributed by atoms with van der Waals surface area (Å²) >= 11 is 0. The first-order valence-electron chi connectivity index (χ1n) is 12.6. The van der Waals surface area contributed by atoms with Crippen molar-refractivity contribution in [1.82, 2.24) is 4.90 Å². The van der Waals surface area contributed by atoms with Gasteiger partial charge in [-0.15, -0.1) is 0 Å². The SMILES string of the molecule is CCCN(C)CCc1ccc(Cc2c(OC)ccc(-c3c(O)ccc4c3CCCC4)c2N)cc1. The average molecular weight is 459 g/mol. The minimum absolute atomic E-state index is 0.306. The van der Waals surface area contributed by atoms with Crippen LogP contribution in [0.3, 0.4) is 0 Å². The molecule has 34 heavy (non-hydrogen) atoms. The summed E-state index contributed by atoms with van der Waals surface area (Å²) in [7, 11) is 3.87. The lowest BCUT2D eigenvalue weighted by molar-refractivity contribution is 0.339. The molecule has 180 valence electrons. The highest BCUT2D eigenvalue weighted by molar-refractivity contribution is 5.86. The molecule has 0 radical (unpaired) electrons. The molecule has 3 aromatic carbocycles. The molecule has 1 aliphatic carbocycles. The smallest absolute Gasteiger partial charge is 0.124 e. The number of methoxy groups -OCH3 is 1. The number of aromatic hydroxyl groups is 1. The Hall–Kier alpha value is -2.98. The maximum absolute atomic E-state index is 10.8. The number of aryl methyl sites for hydroxylation is 1. The molecule has 0 fully saturated rings. The van der Waals surface area contributed by atoms with Gasteiger partial charge in [-0.05, 0) is 92.6 Å². The first-order valence-corrected chi connectivity index (χ1v) is 12.6. The highest BCUT2D eigenvalue weighted by atomic mass is 16.5. The number of rotatable bonds is 9. The zero-order chi connectivity index (χ0) is 24.1. The van der Waals surface area contributed by atoms with Crippen molar-refractivity contribution in [3.63, 3.8) is 0 Å². The second-order valence-corrected chi connectivity index (χ2v) is 9.56. The van der Waals surface area contributed by atoms with E-state index in [1.54, 1.807) is 7.11 Å². The Kier molecular flexibility index (Phi) is 7.79. The number of phenols is 1. The number of nitrogens with zero attached hydrogens (tertiary/aromatic N) is 1. The van der Waals surface area contributed by atoms with Crippen LogP contribution in [0.2, 0.25) is 0 Å². The van der Waals surface area contributed by atoms with Gasteiger partial charge in [0.25, 0.3) is 0 Å². The largest absolute Gasteiger partial charge is 0.507 e. The van der Waals surface area contributed by atoms with E-state index in [1.165, 1.54) is 35.1 Å². The van der Waals surface area contributed by atoms with Crippen LogP contribution < -0.4 is 10.5 Å². The Morgan fingerprint density at radius 3 is 2.41 bits per heavy atom. The number of nitrogen functional groups attached to an aromatic ring is 1. The highest BCUT2D eigenvalue weighted by Gasteiger charge is 2.22. The van der Waals surface area contributed by atoms with Crippen molar-refractivity contribution in [2.75, 3.05) is 33.0 Å². The summed E-state index contributed by atoms with van der Waals surface area (Å²) in [6.07, 6.45) is 7.31. The summed E-state index contributed by atoms with van der Waals surface area (Å²) in [5.41, 5.74) is 15.4.